The van der Waals surface area contributed by atoms with Crippen molar-refractivity contribution in [1.82, 2.24) is 0 Å². The van der Waals surface area contributed by atoms with Gasteiger partial charge in [0.25, 0.3) is 0 Å². The second-order valence-electron chi connectivity index (χ2n) is 5.21. The van der Waals surface area contributed by atoms with Crippen molar-refractivity contribution in [2.75, 3.05) is 0 Å². The van der Waals surface area contributed by atoms with E-state index < -0.39 is 13.3 Å². The normalized spacial score (nSPS) is 11.1. The zero-order chi connectivity index (χ0) is 13.9. The molecule has 0 unspecified atom stereocenters. The molecule has 0 aromatic heterocycles. The molecule has 0 saturated carbocycles. The standard InChI is InChI=1S/C18H20Ge/c1-5-15-11-7-9-13-17(15)19(3,4)18-14-10-8-12-16(18)6-2/h5-14H,1-2H2,3-4H3. The molecule has 19 heavy (non-hydrogen) atoms. The molecule has 0 aliphatic rings. The molecule has 0 aliphatic heterocycles. The van der Waals surface area contributed by atoms with Crippen molar-refractivity contribution in [2.45, 2.75) is 11.5 Å². The Labute approximate surface area is 118 Å². The van der Waals surface area contributed by atoms with Gasteiger partial charge in [0.05, 0.1) is 0 Å². The number of hydrogen-bond acceptors (Lipinski definition) is 0. The minimum absolute atomic E-state index is 1.27. The van der Waals surface area contributed by atoms with Crippen LogP contribution in [0.4, 0.5) is 0 Å². The first-order valence-corrected chi connectivity index (χ1v) is 12.8. The monoisotopic (exact) mass is 310 g/mol. The fraction of sp³-hybridized carbons (Fsp3) is 0.111. The van der Waals surface area contributed by atoms with Crippen molar-refractivity contribution in [3.8, 4) is 0 Å². The molecule has 2 aromatic rings. The fourth-order valence-corrected chi connectivity index (χ4v) is 9.20. The molecule has 0 bridgehead atoms. The zero-order valence-electron chi connectivity index (χ0n) is 11.7. The van der Waals surface area contributed by atoms with Crippen molar-refractivity contribution in [3.05, 3.63) is 72.8 Å². The summed E-state index contributed by atoms with van der Waals surface area (Å²) < 4.78 is 2.96. The summed E-state index contributed by atoms with van der Waals surface area (Å²) in [7, 11) is 0. The number of benzene rings is 2. The summed E-state index contributed by atoms with van der Waals surface area (Å²) in [5, 5.41) is 0. The second kappa shape index (κ2) is 5.62. The van der Waals surface area contributed by atoms with Crippen molar-refractivity contribution < 1.29 is 0 Å². The summed E-state index contributed by atoms with van der Waals surface area (Å²) in [5.41, 5.74) is 2.54. The zero-order valence-corrected chi connectivity index (χ0v) is 13.8. The quantitative estimate of drug-likeness (QED) is 0.754. The molecular formula is C18H20Ge. The van der Waals surface area contributed by atoms with E-state index in [9.17, 15) is 0 Å². The average molecular weight is 309 g/mol. The van der Waals surface area contributed by atoms with Gasteiger partial charge in [-0.15, -0.1) is 0 Å². The first-order chi connectivity index (χ1) is 9.11. The van der Waals surface area contributed by atoms with Gasteiger partial charge in [-0.25, -0.2) is 0 Å². The van der Waals surface area contributed by atoms with Crippen LogP contribution in [0.15, 0.2) is 61.7 Å². The molecule has 0 nitrogen and oxygen atoms in total. The molecule has 1 heteroatoms. The Morgan fingerprint density at radius 2 is 1.11 bits per heavy atom. The van der Waals surface area contributed by atoms with Gasteiger partial charge in [0.1, 0.15) is 0 Å². The summed E-state index contributed by atoms with van der Waals surface area (Å²) in [6.45, 7) is 7.90. The average Bonchev–Trinajstić information content (AvgIpc) is 2.47. The molecule has 2 aromatic carbocycles. The van der Waals surface area contributed by atoms with E-state index in [0.29, 0.717) is 0 Å². The molecule has 96 valence electrons. The predicted molar refractivity (Wildman–Crippen MR) is 89.8 cm³/mol. The molecule has 0 saturated heterocycles. The van der Waals surface area contributed by atoms with E-state index in [1.54, 1.807) is 0 Å². The van der Waals surface area contributed by atoms with Gasteiger partial charge in [0.15, 0.2) is 0 Å². The summed E-state index contributed by atoms with van der Waals surface area (Å²) >= 11 is -2.31. The van der Waals surface area contributed by atoms with Gasteiger partial charge in [-0.2, -0.15) is 0 Å². The van der Waals surface area contributed by atoms with E-state index in [4.69, 9.17) is 0 Å². The van der Waals surface area contributed by atoms with Crippen LogP contribution in [0.5, 0.6) is 0 Å². The maximum atomic E-state index is 3.95. The van der Waals surface area contributed by atoms with E-state index in [1.165, 1.54) is 19.9 Å². The van der Waals surface area contributed by atoms with Crippen LogP contribution in [-0.4, -0.2) is 13.3 Å². The van der Waals surface area contributed by atoms with Gasteiger partial charge in [-0.05, 0) is 0 Å². The predicted octanol–water partition coefficient (Wildman–Crippen LogP) is 3.80. The molecule has 0 fully saturated rings. The molecule has 2 rings (SSSR count). The Hall–Kier alpha value is -1.54. The van der Waals surface area contributed by atoms with Gasteiger partial charge in [0.2, 0.25) is 0 Å². The molecule has 0 N–H and O–H groups in total. The van der Waals surface area contributed by atoms with E-state index in [-0.39, 0.29) is 0 Å². The third-order valence-electron chi connectivity index (χ3n) is 3.71. The molecule has 0 heterocycles. The van der Waals surface area contributed by atoms with E-state index in [0.717, 1.165) is 0 Å². The third kappa shape index (κ3) is 2.59. The van der Waals surface area contributed by atoms with E-state index in [2.05, 4.69) is 73.2 Å². The summed E-state index contributed by atoms with van der Waals surface area (Å²) in [5.74, 6) is 4.87. The molecule has 0 aliphatic carbocycles. The Balaban J connectivity index is 2.64. The molecule has 0 atom stereocenters. The first kappa shape index (κ1) is 13.9. The van der Waals surface area contributed by atoms with Gasteiger partial charge >= 0.3 is 119 Å². The van der Waals surface area contributed by atoms with Crippen LogP contribution in [0.25, 0.3) is 12.2 Å². The molecule has 0 amide bonds. The van der Waals surface area contributed by atoms with Crippen molar-refractivity contribution >= 4 is 34.2 Å². The van der Waals surface area contributed by atoms with Gasteiger partial charge < -0.3 is 0 Å². The van der Waals surface area contributed by atoms with Crippen LogP contribution in [0, 0.1) is 0 Å². The molecular weight excluding hydrogens is 289 g/mol. The van der Waals surface area contributed by atoms with Crippen molar-refractivity contribution in [2.24, 2.45) is 0 Å². The van der Waals surface area contributed by atoms with Gasteiger partial charge in [-0.1, -0.05) is 0 Å². The minimum atomic E-state index is -2.31. The number of rotatable bonds is 4. The topological polar surface area (TPSA) is 0 Å². The van der Waals surface area contributed by atoms with Crippen LogP contribution in [-0.2, 0) is 0 Å². The van der Waals surface area contributed by atoms with E-state index >= 15 is 0 Å². The van der Waals surface area contributed by atoms with Crippen LogP contribution in [0.2, 0.25) is 11.5 Å². The van der Waals surface area contributed by atoms with Crippen LogP contribution in [0.1, 0.15) is 11.1 Å². The van der Waals surface area contributed by atoms with E-state index in [1.807, 2.05) is 12.2 Å². The molecule has 0 radical (unpaired) electrons. The summed E-state index contributed by atoms with van der Waals surface area (Å²) in [6.07, 6.45) is 3.94. The Kier molecular flexibility index (Phi) is 4.11. The number of hydrogen-bond donors (Lipinski definition) is 0. The fourth-order valence-electron chi connectivity index (χ4n) is 2.63. The van der Waals surface area contributed by atoms with Crippen molar-refractivity contribution in [1.29, 1.82) is 0 Å². The van der Waals surface area contributed by atoms with Crippen LogP contribution >= 0.6 is 0 Å². The second-order valence-corrected chi connectivity index (χ2v) is 14.3. The Bertz CT molecular complexity index is 555. The summed E-state index contributed by atoms with van der Waals surface area (Å²) in [4.78, 5) is 0. The van der Waals surface area contributed by atoms with Crippen LogP contribution in [0.3, 0.4) is 0 Å². The third-order valence-corrected chi connectivity index (χ3v) is 11.3. The van der Waals surface area contributed by atoms with Crippen molar-refractivity contribution in [3.63, 3.8) is 0 Å². The van der Waals surface area contributed by atoms with Crippen LogP contribution < -0.4 is 8.79 Å². The molecule has 0 spiro atoms. The maximum absolute atomic E-state index is 3.95. The summed E-state index contributed by atoms with van der Waals surface area (Å²) in [6, 6.07) is 17.3. The van der Waals surface area contributed by atoms with Gasteiger partial charge in [0, 0.05) is 0 Å². The first-order valence-electron chi connectivity index (χ1n) is 6.55. The van der Waals surface area contributed by atoms with Gasteiger partial charge in [-0.3, -0.25) is 0 Å². The Morgan fingerprint density at radius 1 is 0.737 bits per heavy atom. The SMILES string of the molecule is C=Cc1cccc[c]1[Ge]([CH3])([CH3])[c]1ccccc1C=C. The Morgan fingerprint density at radius 3 is 1.47 bits per heavy atom.